The van der Waals surface area contributed by atoms with Crippen molar-refractivity contribution in [2.75, 3.05) is 25.5 Å². The van der Waals surface area contributed by atoms with Crippen molar-refractivity contribution in [3.05, 3.63) is 109 Å². The lowest BCUT2D eigenvalue weighted by Crippen LogP contribution is -2.50. The molecule has 0 atom stereocenters. The SMILES string of the molecule is C=C/C(=C1/NC(N2CCC(OC)CC2)=CC(=NCc2ccccc2-c2nccc3cc(NC(=O)C(=C)F)ccc23)N1N)C(C)C. The summed E-state index contributed by atoms with van der Waals surface area (Å²) in [4.78, 5) is 23.9. The van der Waals surface area contributed by atoms with Crippen molar-refractivity contribution >= 4 is 28.2 Å². The molecule has 1 amide bonds. The molecule has 9 nitrogen and oxygen atoms in total. The number of aliphatic imine (C=N–C) groups is 1. The fourth-order valence-electron chi connectivity index (χ4n) is 5.69. The maximum absolute atomic E-state index is 13.3. The lowest BCUT2D eigenvalue weighted by molar-refractivity contribution is -0.114. The number of nitrogens with two attached hydrogens (primary N) is 1. The Bertz CT molecular complexity index is 1700. The summed E-state index contributed by atoms with van der Waals surface area (Å²) >= 11 is 0. The Morgan fingerprint density at radius 3 is 2.69 bits per heavy atom. The third-order valence-electron chi connectivity index (χ3n) is 8.18. The number of hydrogen-bond acceptors (Lipinski definition) is 7. The normalized spacial score (nSPS) is 17.7. The summed E-state index contributed by atoms with van der Waals surface area (Å²) in [6.07, 6.45) is 7.70. The van der Waals surface area contributed by atoms with E-state index in [0.29, 0.717) is 18.1 Å². The maximum atomic E-state index is 13.3. The number of fused-ring (bicyclic) bond motifs is 1. The van der Waals surface area contributed by atoms with Crippen molar-refractivity contribution in [3.8, 4) is 11.3 Å². The zero-order valence-corrected chi connectivity index (χ0v) is 26.0. The maximum Gasteiger partial charge on any atom is 0.283 e. The second-order valence-corrected chi connectivity index (χ2v) is 11.4. The van der Waals surface area contributed by atoms with Gasteiger partial charge in [0.15, 0.2) is 5.83 Å². The molecule has 10 heteroatoms. The van der Waals surface area contributed by atoms with E-state index in [1.165, 1.54) is 0 Å². The van der Waals surface area contributed by atoms with E-state index in [4.69, 9.17) is 20.6 Å². The molecule has 2 aromatic carbocycles. The lowest BCUT2D eigenvalue weighted by Gasteiger charge is -2.39. The average molecular weight is 610 g/mol. The minimum Gasteiger partial charge on any atom is -0.381 e. The molecular weight excluding hydrogens is 569 g/mol. The molecule has 1 fully saturated rings. The number of hydrogen-bond donors (Lipinski definition) is 3. The number of carbonyl (C=O) groups is 1. The molecule has 5 rings (SSSR count). The van der Waals surface area contributed by atoms with Gasteiger partial charge >= 0.3 is 0 Å². The number of nitrogens with one attached hydrogen (secondary N) is 2. The Labute approximate surface area is 263 Å². The predicted octanol–water partition coefficient (Wildman–Crippen LogP) is 6.01. The Hall–Kier alpha value is -4.80. The molecule has 0 saturated carbocycles. The third kappa shape index (κ3) is 6.97. The van der Waals surface area contributed by atoms with E-state index < -0.39 is 11.7 Å². The molecule has 3 heterocycles. The Kier molecular flexibility index (Phi) is 9.75. The number of anilines is 1. The molecule has 0 unspecified atom stereocenters. The van der Waals surface area contributed by atoms with E-state index in [1.54, 1.807) is 30.4 Å². The van der Waals surface area contributed by atoms with Crippen LogP contribution in [-0.2, 0) is 16.1 Å². The van der Waals surface area contributed by atoms with Crippen LogP contribution in [-0.4, -0.2) is 52.9 Å². The molecule has 2 aliphatic rings. The molecule has 1 aromatic heterocycles. The highest BCUT2D eigenvalue weighted by Crippen LogP contribution is 2.32. The van der Waals surface area contributed by atoms with Gasteiger partial charge in [-0.3, -0.25) is 14.8 Å². The molecule has 0 bridgehead atoms. The number of amides is 1. The van der Waals surface area contributed by atoms with E-state index in [9.17, 15) is 9.18 Å². The fourth-order valence-corrected chi connectivity index (χ4v) is 5.69. The largest absolute Gasteiger partial charge is 0.381 e. The number of ether oxygens (including phenoxy) is 1. The smallest absolute Gasteiger partial charge is 0.283 e. The van der Waals surface area contributed by atoms with E-state index in [-0.39, 0.29) is 12.0 Å². The van der Waals surface area contributed by atoms with Gasteiger partial charge in [0, 0.05) is 49.1 Å². The van der Waals surface area contributed by atoms with Gasteiger partial charge in [-0.05, 0) is 53.5 Å². The van der Waals surface area contributed by atoms with E-state index in [1.807, 2.05) is 48.6 Å². The summed E-state index contributed by atoms with van der Waals surface area (Å²) in [7, 11) is 1.77. The Balaban J connectivity index is 1.50. The standard InChI is InChI=1S/C35H40FN7O2/c1-6-28(22(2)3)34-41-32(42-17-14-27(45-5)15-18-42)20-31(43(34)37)39-21-25-9-7-8-10-29(25)33-30-12-11-26(40-35(44)23(4)36)19-24(30)13-16-38-33/h6-13,16,19-20,22,27,41H,1,4,14-15,17-18,21,37H2,2-3,5H3,(H,40,44)/b34-28+,39-31?. The van der Waals surface area contributed by atoms with Crippen molar-refractivity contribution in [2.45, 2.75) is 39.3 Å². The Morgan fingerprint density at radius 2 is 2.00 bits per heavy atom. The molecule has 0 radical (unpaired) electrons. The number of hydrazine groups is 1. The number of aromatic nitrogens is 1. The van der Waals surface area contributed by atoms with Crippen LogP contribution >= 0.6 is 0 Å². The number of benzene rings is 2. The van der Waals surface area contributed by atoms with Crippen molar-refractivity contribution in [1.29, 1.82) is 0 Å². The zero-order valence-electron chi connectivity index (χ0n) is 26.0. The van der Waals surface area contributed by atoms with Crippen LogP contribution in [0, 0.1) is 5.92 Å². The van der Waals surface area contributed by atoms with Crippen LogP contribution in [0.3, 0.4) is 0 Å². The van der Waals surface area contributed by atoms with Gasteiger partial charge in [0.05, 0.1) is 18.3 Å². The highest BCUT2D eigenvalue weighted by Gasteiger charge is 2.28. The van der Waals surface area contributed by atoms with Crippen LogP contribution in [0.15, 0.2) is 108 Å². The summed E-state index contributed by atoms with van der Waals surface area (Å²) in [5.74, 6) is 7.32. The van der Waals surface area contributed by atoms with Crippen molar-refractivity contribution < 1.29 is 13.9 Å². The molecule has 1 saturated heterocycles. The molecule has 0 aliphatic carbocycles. The fraction of sp³-hybridized carbons (Fsp3) is 0.286. The van der Waals surface area contributed by atoms with Crippen molar-refractivity contribution in [3.63, 3.8) is 0 Å². The molecule has 45 heavy (non-hydrogen) atoms. The number of rotatable bonds is 9. The number of carbonyl (C=O) groups excluding carboxylic acids is 1. The van der Waals surface area contributed by atoms with E-state index >= 15 is 0 Å². The summed E-state index contributed by atoms with van der Waals surface area (Å²) in [5, 5.41) is 9.41. The number of pyridine rings is 1. The lowest BCUT2D eigenvalue weighted by atomic mass is 9.99. The van der Waals surface area contributed by atoms with Crippen LogP contribution in [0.5, 0.6) is 0 Å². The molecule has 3 aromatic rings. The summed E-state index contributed by atoms with van der Waals surface area (Å²) in [6.45, 7) is 13.4. The number of nitrogens with zero attached hydrogens (tertiary/aromatic N) is 4. The summed E-state index contributed by atoms with van der Waals surface area (Å²) in [5.41, 5.74) is 4.13. The summed E-state index contributed by atoms with van der Waals surface area (Å²) in [6, 6.07) is 15.2. The van der Waals surface area contributed by atoms with Crippen molar-refractivity contribution in [2.24, 2.45) is 16.8 Å². The first-order chi connectivity index (χ1) is 21.7. The number of amidine groups is 1. The number of likely N-dealkylation sites (tertiary alicyclic amines) is 1. The van der Waals surface area contributed by atoms with Crippen LogP contribution in [0.1, 0.15) is 32.3 Å². The monoisotopic (exact) mass is 609 g/mol. The van der Waals surface area contributed by atoms with Crippen LogP contribution in [0.4, 0.5) is 10.1 Å². The van der Waals surface area contributed by atoms with E-state index in [0.717, 1.165) is 70.7 Å². The predicted molar refractivity (Wildman–Crippen MR) is 178 cm³/mol. The number of methoxy groups -OCH3 is 1. The van der Waals surface area contributed by atoms with Gasteiger partial charge in [-0.2, -0.15) is 0 Å². The highest BCUT2D eigenvalue weighted by atomic mass is 19.1. The second kappa shape index (κ2) is 13.9. The second-order valence-electron chi connectivity index (χ2n) is 11.4. The van der Waals surface area contributed by atoms with Crippen LogP contribution < -0.4 is 16.5 Å². The molecule has 2 aliphatic heterocycles. The van der Waals surface area contributed by atoms with Gasteiger partial charge in [0.25, 0.3) is 5.91 Å². The minimum atomic E-state index is -1.05. The quantitative estimate of drug-likeness (QED) is 0.202. The summed E-state index contributed by atoms with van der Waals surface area (Å²) < 4.78 is 18.8. The van der Waals surface area contributed by atoms with Gasteiger partial charge in [0.1, 0.15) is 17.5 Å². The number of halogens is 1. The number of piperidine rings is 1. The van der Waals surface area contributed by atoms with Gasteiger partial charge < -0.3 is 20.3 Å². The first kappa shape index (κ1) is 31.6. The molecule has 4 N–H and O–H groups in total. The van der Waals surface area contributed by atoms with Crippen LogP contribution in [0.2, 0.25) is 0 Å². The molecule has 0 spiro atoms. The first-order valence-electron chi connectivity index (χ1n) is 15.0. The van der Waals surface area contributed by atoms with Crippen LogP contribution in [0.25, 0.3) is 22.0 Å². The topological polar surface area (TPSA) is 108 Å². The highest BCUT2D eigenvalue weighted by molar-refractivity contribution is 6.04. The first-order valence-corrected chi connectivity index (χ1v) is 15.0. The van der Waals surface area contributed by atoms with Gasteiger partial charge in [-0.15, -0.1) is 0 Å². The van der Waals surface area contributed by atoms with Gasteiger partial charge in [-0.25, -0.2) is 15.2 Å². The van der Waals surface area contributed by atoms with Crippen molar-refractivity contribution in [1.82, 2.24) is 20.2 Å². The van der Waals surface area contributed by atoms with Gasteiger partial charge in [0.2, 0.25) is 0 Å². The minimum absolute atomic E-state index is 0.193. The van der Waals surface area contributed by atoms with Gasteiger partial charge in [-0.1, -0.05) is 63.4 Å². The Morgan fingerprint density at radius 1 is 1.24 bits per heavy atom. The average Bonchev–Trinajstić information content (AvgIpc) is 3.05. The molecular formula is C35H40FN7O2. The zero-order chi connectivity index (χ0) is 32.1. The third-order valence-corrected chi connectivity index (χ3v) is 8.18. The molecule has 234 valence electrons. The number of allylic oxidation sites excluding steroid dienone is 2. The van der Waals surface area contributed by atoms with E-state index in [2.05, 4.69) is 42.5 Å².